The number of esters is 2. The molecule has 1 spiro atoms. The van der Waals surface area contributed by atoms with E-state index in [1.165, 1.54) is 28.4 Å². The number of benzene rings is 2. The molecule has 7 rings (SSSR count). The van der Waals surface area contributed by atoms with Gasteiger partial charge in [-0.2, -0.15) is 0 Å². The molecule has 0 unspecified atom stereocenters. The van der Waals surface area contributed by atoms with Gasteiger partial charge in [-0.25, -0.2) is 4.79 Å². The zero-order valence-electron chi connectivity index (χ0n) is 25.1. The average molecular weight is 593 g/mol. The lowest BCUT2D eigenvalue weighted by Crippen LogP contribution is -2.78. The van der Waals surface area contributed by atoms with Crippen molar-refractivity contribution in [3.8, 4) is 23.0 Å². The second-order valence-corrected chi connectivity index (χ2v) is 11.7. The van der Waals surface area contributed by atoms with Crippen LogP contribution in [0.2, 0.25) is 0 Å². The topological polar surface area (TPSA) is 114 Å². The lowest BCUT2D eigenvalue weighted by atomic mass is 9.42. The highest BCUT2D eigenvalue weighted by molar-refractivity contribution is 5.92. The van der Waals surface area contributed by atoms with Crippen molar-refractivity contribution >= 4 is 17.6 Å². The number of carbonyl (C=O) groups excluding carboxylic acids is 2. The van der Waals surface area contributed by atoms with Gasteiger partial charge in [0.25, 0.3) is 0 Å². The zero-order chi connectivity index (χ0) is 30.3. The Morgan fingerprint density at radius 3 is 2.42 bits per heavy atom. The van der Waals surface area contributed by atoms with Crippen molar-refractivity contribution < 1.29 is 42.7 Å². The first-order valence-electron chi connectivity index (χ1n) is 14.4. The van der Waals surface area contributed by atoms with Crippen LogP contribution in [-0.4, -0.2) is 83.5 Å². The van der Waals surface area contributed by atoms with Gasteiger partial charge < -0.3 is 38.5 Å². The predicted molar refractivity (Wildman–Crippen MR) is 154 cm³/mol. The molecule has 6 atom stereocenters. The molecule has 228 valence electrons. The molecule has 1 saturated carbocycles. The molecule has 4 heterocycles. The molecule has 0 radical (unpaired) electrons. The molecule has 4 fully saturated rings. The van der Waals surface area contributed by atoms with Gasteiger partial charge in [-0.15, -0.1) is 0 Å². The normalized spacial score (nSPS) is 33.4. The van der Waals surface area contributed by atoms with Crippen molar-refractivity contribution in [2.75, 3.05) is 54.0 Å². The average Bonchev–Trinajstić information content (AvgIpc) is 3.65. The summed E-state index contributed by atoms with van der Waals surface area (Å²) in [5.74, 6) is 0.397. The number of hydrogen-bond donors (Lipinski definition) is 1. The number of ether oxygens (including phenoxy) is 7. The van der Waals surface area contributed by atoms with Gasteiger partial charge in [-0.3, -0.25) is 9.69 Å². The Bertz CT molecular complexity index is 1530. The van der Waals surface area contributed by atoms with Gasteiger partial charge in [0, 0.05) is 30.6 Å². The maximum absolute atomic E-state index is 14.5. The van der Waals surface area contributed by atoms with Gasteiger partial charge in [-0.1, -0.05) is 17.7 Å². The smallest absolute Gasteiger partial charge is 0.338 e. The Labute approximate surface area is 249 Å². The molecule has 0 amide bonds. The van der Waals surface area contributed by atoms with E-state index in [2.05, 4.69) is 16.3 Å². The van der Waals surface area contributed by atoms with Crippen molar-refractivity contribution in [3.63, 3.8) is 0 Å². The maximum Gasteiger partial charge on any atom is 0.338 e. The van der Waals surface area contributed by atoms with E-state index in [1.54, 1.807) is 19.2 Å². The van der Waals surface area contributed by atoms with Crippen molar-refractivity contribution in [3.05, 3.63) is 53.1 Å². The SMILES string of the molecule is C/C=C1\CN2[C@@H]3C[C@@]45c6ccc(OC)cc6N[C@]4(O3)[C@@H]2C[C@@H]1[C@@]5(COC(=O)c1cc(OC)c(OC)c(OC)c1)C(=O)OC. The second-order valence-electron chi connectivity index (χ2n) is 11.7. The Morgan fingerprint density at radius 1 is 1.05 bits per heavy atom. The standard InChI is InChI=1S/C32H36N2O9/c1-7-17-15-34-25-13-21(17)30(29(36)41-6,16-42-28(35)18-10-23(38-3)27(40-5)24(11-18)39-4)31-14-26(34)43-32(25,31)33-22-12-19(37-2)8-9-20(22)31/h7-12,21,25-26,33H,13-16H2,1-6H3/b17-7+/t21-,25-,26-,30-,31-,32-/m0/s1. The van der Waals surface area contributed by atoms with Gasteiger partial charge in [-0.05, 0) is 37.1 Å². The van der Waals surface area contributed by atoms with Crippen LogP contribution in [0, 0.1) is 11.3 Å². The molecule has 5 aliphatic rings. The van der Waals surface area contributed by atoms with Crippen molar-refractivity contribution in [2.24, 2.45) is 11.3 Å². The molecule has 43 heavy (non-hydrogen) atoms. The number of anilines is 1. The van der Waals surface area contributed by atoms with Gasteiger partial charge in [0.2, 0.25) is 5.75 Å². The highest BCUT2D eigenvalue weighted by Crippen LogP contribution is 2.76. The fourth-order valence-corrected chi connectivity index (χ4v) is 8.92. The molecule has 3 saturated heterocycles. The van der Waals surface area contributed by atoms with E-state index >= 15 is 0 Å². The lowest BCUT2D eigenvalue weighted by molar-refractivity contribution is -0.191. The number of nitrogens with zero attached hydrogens (tertiary/aromatic N) is 1. The van der Waals surface area contributed by atoms with Gasteiger partial charge in [0.15, 0.2) is 17.2 Å². The molecule has 1 aliphatic carbocycles. The summed E-state index contributed by atoms with van der Waals surface area (Å²) >= 11 is 0. The van der Waals surface area contributed by atoms with Gasteiger partial charge in [0.05, 0.1) is 52.6 Å². The third-order valence-electron chi connectivity index (χ3n) is 10.6. The fraction of sp³-hybridized carbons (Fsp3) is 0.500. The summed E-state index contributed by atoms with van der Waals surface area (Å²) in [5, 5.41) is 3.72. The van der Waals surface area contributed by atoms with Gasteiger partial charge in [0.1, 0.15) is 24.0 Å². The quantitative estimate of drug-likeness (QED) is 0.359. The first-order valence-corrected chi connectivity index (χ1v) is 14.4. The van der Waals surface area contributed by atoms with E-state index in [0.717, 1.165) is 16.8 Å². The summed E-state index contributed by atoms with van der Waals surface area (Å²) in [4.78, 5) is 30.7. The second kappa shape index (κ2) is 9.52. The minimum absolute atomic E-state index is 0.0157. The van der Waals surface area contributed by atoms with Crippen LogP contribution in [-0.2, 0) is 24.4 Å². The number of methoxy groups -OCH3 is 5. The van der Waals surface area contributed by atoms with Crippen LogP contribution in [0.4, 0.5) is 5.69 Å². The van der Waals surface area contributed by atoms with E-state index in [-0.39, 0.29) is 30.4 Å². The Morgan fingerprint density at radius 2 is 1.79 bits per heavy atom. The molecule has 4 aliphatic heterocycles. The van der Waals surface area contributed by atoms with Gasteiger partial charge >= 0.3 is 11.9 Å². The molecule has 11 heteroatoms. The molecule has 2 aromatic carbocycles. The summed E-state index contributed by atoms with van der Waals surface area (Å²) in [6.45, 7) is 2.44. The largest absolute Gasteiger partial charge is 0.497 e. The van der Waals surface area contributed by atoms with Crippen molar-refractivity contribution in [2.45, 2.75) is 43.2 Å². The molecule has 4 bridgehead atoms. The molecule has 11 nitrogen and oxygen atoms in total. The van der Waals surface area contributed by atoms with E-state index < -0.39 is 28.5 Å². The van der Waals surface area contributed by atoms with Crippen molar-refractivity contribution in [1.82, 2.24) is 4.90 Å². The molecule has 0 aromatic heterocycles. The number of piperidine rings is 2. The maximum atomic E-state index is 14.5. The van der Waals surface area contributed by atoms with Crippen molar-refractivity contribution in [1.29, 1.82) is 0 Å². The number of nitrogens with one attached hydrogen (secondary N) is 1. The van der Waals surface area contributed by atoms with Crippen LogP contribution in [0.3, 0.4) is 0 Å². The summed E-state index contributed by atoms with van der Waals surface area (Å²) in [7, 11) is 7.48. The molecule has 1 N–H and O–H groups in total. The molecular weight excluding hydrogens is 556 g/mol. The monoisotopic (exact) mass is 592 g/mol. The highest BCUT2D eigenvalue weighted by atomic mass is 16.6. The minimum atomic E-state index is -1.29. The predicted octanol–water partition coefficient (Wildman–Crippen LogP) is 3.51. The fourth-order valence-electron chi connectivity index (χ4n) is 8.92. The van der Waals surface area contributed by atoms with E-state index in [0.29, 0.717) is 42.4 Å². The third kappa shape index (κ3) is 3.21. The number of hydrogen-bond acceptors (Lipinski definition) is 11. The molecule has 2 aromatic rings. The number of rotatable bonds is 8. The lowest BCUT2D eigenvalue weighted by Gasteiger charge is -2.64. The van der Waals surface area contributed by atoms with E-state index in [4.69, 9.17) is 33.2 Å². The number of carbonyl (C=O) groups is 2. The van der Waals surface area contributed by atoms with Crippen LogP contribution in [0.5, 0.6) is 23.0 Å². The number of fused-ring (bicyclic) bond motifs is 4. The minimum Gasteiger partial charge on any atom is -0.497 e. The first-order chi connectivity index (χ1) is 20.8. The highest BCUT2D eigenvalue weighted by Gasteiger charge is 2.87. The summed E-state index contributed by atoms with van der Waals surface area (Å²) in [6.07, 6.45) is 3.06. The molecular formula is C32H36N2O9. The van der Waals surface area contributed by atoms with E-state index in [1.807, 2.05) is 25.1 Å². The number of allylic oxidation sites excluding steroid dienone is 1. The van der Waals surface area contributed by atoms with Crippen LogP contribution < -0.4 is 24.3 Å². The Hall–Kier alpha value is -3.96. The van der Waals surface area contributed by atoms with E-state index in [9.17, 15) is 9.59 Å². The first kappa shape index (κ1) is 27.8. The van der Waals surface area contributed by atoms with Crippen LogP contribution >= 0.6 is 0 Å². The summed E-state index contributed by atoms with van der Waals surface area (Å²) < 4.78 is 40.6. The van der Waals surface area contributed by atoms with Crippen LogP contribution in [0.1, 0.15) is 35.7 Å². The Kier molecular flexibility index (Phi) is 6.17. The van der Waals surface area contributed by atoms with Crippen LogP contribution in [0.25, 0.3) is 0 Å². The Balaban J connectivity index is 1.39. The zero-order valence-corrected chi connectivity index (χ0v) is 25.1. The third-order valence-corrected chi connectivity index (χ3v) is 10.6. The summed E-state index contributed by atoms with van der Waals surface area (Å²) in [6, 6.07) is 8.96. The summed E-state index contributed by atoms with van der Waals surface area (Å²) in [5.41, 5.74) is 0.0224. The van der Waals surface area contributed by atoms with Crippen LogP contribution in [0.15, 0.2) is 42.0 Å².